The number of imidazole rings is 1. The Hall–Kier alpha value is -1.84. The van der Waals surface area contributed by atoms with E-state index >= 15 is 0 Å². The summed E-state index contributed by atoms with van der Waals surface area (Å²) in [6.45, 7) is 3.55. The van der Waals surface area contributed by atoms with Gasteiger partial charge in [0.1, 0.15) is 5.82 Å². The van der Waals surface area contributed by atoms with Crippen molar-refractivity contribution in [1.29, 1.82) is 0 Å². The zero-order valence-corrected chi connectivity index (χ0v) is 12.8. The maximum Gasteiger partial charge on any atom is 0.114 e. The van der Waals surface area contributed by atoms with Crippen molar-refractivity contribution in [2.75, 3.05) is 0 Å². The summed E-state index contributed by atoms with van der Waals surface area (Å²) in [5, 5.41) is 0.742. The Morgan fingerprint density at radius 1 is 1.14 bits per heavy atom. The molecule has 0 unspecified atom stereocenters. The first-order chi connectivity index (χ1) is 10.2. The molecule has 0 aliphatic rings. The van der Waals surface area contributed by atoms with E-state index in [0.29, 0.717) is 6.54 Å². The van der Waals surface area contributed by atoms with E-state index in [1.807, 2.05) is 30.3 Å². The lowest BCUT2D eigenvalue weighted by atomic mass is 10.0. The molecule has 0 aliphatic carbocycles. The lowest BCUT2D eigenvalue weighted by Gasteiger charge is -2.09. The molecule has 0 bridgehead atoms. The lowest BCUT2D eigenvalue weighted by Crippen LogP contribution is -2.06. The average molecular weight is 300 g/mol. The van der Waals surface area contributed by atoms with Crippen molar-refractivity contribution in [1.82, 2.24) is 9.55 Å². The van der Waals surface area contributed by atoms with Crippen molar-refractivity contribution >= 4 is 22.6 Å². The molecule has 3 rings (SSSR count). The Kier molecular flexibility index (Phi) is 3.95. The summed E-state index contributed by atoms with van der Waals surface area (Å²) in [7, 11) is 0. The molecule has 0 atom stereocenters. The van der Waals surface area contributed by atoms with Crippen LogP contribution < -0.4 is 5.73 Å². The van der Waals surface area contributed by atoms with Gasteiger partial charge < -0.3 is 10.3 Å². The second-order valence-corrected chi connectivity index (χ2v) is 5.49. The van der Waals surface area contributed by atoms with E-state index in [9.17, 15) is 0 Å². The van der Waals surface area contributed by atoms with Gasteiger partial charge in [-0.15, -0.1) is 0 Å². The highest BCUT2D eigenvalue weighted by molar-refractivity contribution is 6.31. The monoisotopic (exact) mass is 299 g/mol. The molecule has 0 spiro atoms. The largest absolute Gasteiger partial charge is 0.328 e. The van der Waals surface area contributed by atoms with E-state index in [4.69, 9.17) is 22.3 Å². The fraction of sp³-hybridized carbons (Fsp3) is 0.235. The Morgan fingerprint density at radius 2 is 1.90 bits per heavy atom. The minimum absolute atomic E-state index is 0.550. The summed E-state index contributed by atoms with van der Waals surface area (Å²) in [4.78, 5) is 4.76. The van der Waals surface area contributed by atoms with Gasteiger partial charge in [0.25, 0.3) is 0 Å². The number of nitrogens with two attached hydrogens (primary N) is 1. The number of benzene rings is 2. The van der Waals surface area contributed by atoms with Gasteiger partial charge in [0.2, 0.25) is 0 Å². The third-order valence-electron chi connectivity index (χ3n) is 3.79. The van der Waals surface area contributed by atoms with Crippen molar-refractivity contribution in [2.24, 2.45) is 5.73 Å². The maximum absolute atomic E-state index is 6.11. The number of aromatic nitrogens is 2. The topological polar surface area (TPSA) is 43.8 Å². The van der Waals surface area contributed by atoms with E-state index < -0.39 is 0 Å². The normalized spacial score (nSPS) is 11.2. The van der Waals surface area contributed by atoms with Gasteiger partial charge in [-0.3, -0.25) is 0 Å². The van der Waals surface area contributed by atoms with Crippen LogP contribution in [0.5, 0.6) is 0 Å². The Labute approximate surface area is 129 Å². The molecule has 2 aromatic carbocycles. The third-order valence-corrected chi connectivity index (χ3v) is 4.03. The van der Waals surface area contributed by atoms with Gasteiger partial charge in [0.15, 0.2) is 0 Å². The van der Waals surface area contributed by atoms with Crippen molar-refractivity contribution in [3.63, 3.8) is 0 Å². The summed E-state index contributed by atoms with van der Waals surface area (Å²) in [6.07, 6.45) is 0.785. The SMILES string of the molecule is CCn1c(Cc2ccccc2CN)nc2ccc(Cl)cc21. The lowest BCUT2D eigenvalue weighted by molar-refractivity contribution is 0.731. The molecule has 108 valence electrons. The van der Waals surface area contributed by atoms with Gasteiger partial charge in [-0.05, 0) is 36.2 Å². The number of nitrogens with zero attached hydrogens (tertiary/aromatic N) is 2. The van der Waals surface area contributed by atoms with Crippen molar-refractivity contribution in [2.45, 2.75) is 26.4 Å². The molecule has 0 fully saturated rings. The number of rotatable bonds is 4. The average Bonchev–Trinajstić information content (AvgIpc) is 2.84. The molecule has 3 nitrogen and oxygen atoms in total. The number of halogens is 1. The van der Waals surface area contributed by atoms with Crippen LogP contribution in [0, 0.1) is 0 Å². The first kappa shape index (κ1) is 14.1. The molecule has 1 aromatic heterocycles. The van der Waals surface area contributed by atoms with E-state index in [1.165, 1.54) is 11.1 Å². The van der Waals surface area contributed by atoms with Gasteiger partial charge in [-0.2, -0.15) is 0 Å². The summed E-state index contributed by atoms with van der Waals surface area (Å²) in [5.41, 5.74) is 10.3. The molecule has 0 aliphatic heterocycles. The molecule has 0 saturated carbocycles. The molecular formula is C17H18ClN3. The molecule has 0 radical (unpaired) electrons. The van der Waals surface area contributed by atoms with Crippen molar-refractivity contribution < 1.29 is 0 Å². The second kappa shape index (κ2) is 5.88. The van der Waals surface area contributed by atoms with Gasteiger partial charge in [-0.25, -0.2) is 4.98 Å². The van der Waals surface area contributed by atoms with Crippen LogP contribution >= 0.6 is 11.6 Å². The van der Waals surface area contributed by atoms with Crippen LogP contribution in [-0.2, 0) is 19.5 Å². The zero-order valence-electron chi connectivity index (χ0n) is 12.0. The molecule has 21 heavy (non-hydrogen) atoms. The van der Waals surface area contributed by atoms with Crippen LogP contribution in [0.2, 0.25) is 5.02 Å². The molecule has 0 saturated heterocycles. The highest BCUT2D eigenvalue weighted by atomic mass is 35.5. The van der Waals surface area contributed by atoms with Gasteiger partial charge in [0.05, 0.1) is 11.0 Å². The van der Waals surface area contributed by atoms with Crippen LogP contribution in [-0.4, -0.2) is 9.55 Å². The van der Waals surface area contributed by atoms with Crippen molar-refractivity contribution in [3.8, 4) is 0 Å². The Bertz CT molecular complexity index is 777. The van der Waals surface area contributed by atoms with Gasteiger partial charge in [-0.1, -0.05) is 35.9 Å². The summed E-state index contributed by atoms with van der Waals surface area (Å²) in [6, 6.07) is 14.1. The quantitative estimate of drug-likeness (QED) is 0.797. The number of fused-ring (bicyclic) bond motifs is 1. The standard InChI is InChI=1S/C17H18ClN3/c1-2-21-16-10-14(18)7-8-15(16)20-17(21)9-12-5-3-4-6-13(12)11-19/h3-8,10H,2,9,11,19H2,1H3. The molecule has 4 heteroatoms. The Morgan fingerprint density at radius 3 is 2.62 bits per heavy atom. The van der Waals surface area contributed by atoms with E-state index in [1.54, 1.807) is 0 Å². The zero-order chi connectivity index (χ0) is 14.8. The van der Waals surface area contributed by atoms with Crippen LogP contribution in [0.3, 0.4) is 0 Å². The third kappa shape index (κ3) is 2.67. The smallest absolute Gasteiger partial charge is 0.114 e. The molecular weight excluding hydrogens is 282 g/mol. The maximum atomic E-state index is 6.11. The van der Waals surface area contributed by atoms with E-state index in [0.717, 1.165) is 34.8 Å². The summed E-state index contributed by atoms with van der Waals surface area (Å²) >= 11 is 6.11. The number of aryl methyl sites for hydroxylation is 1. The predicted octanol–water partition coefficient (Wildman–Crippen LogP) is 3.76. The fourth-order valence-electron chi connectivity index (χ4n) is 2.73. The highest BCUT2D eigenvalue weighted by Gasteiger charge is 2.12. The molecule has 2 N–H and O–H groups in total. The first-order valence-corrected chi connectivity index (χ1v) is 7.52. The number of hydrogen-bond acceptors (Lipinski definition) is 2. The highest BCUT2D eigenvalue weighted by Crippen LogP contribution is 2.23. The first-order valence-electron chi connectivity index (χ1n) is 7.14. The van der Waals surface area contributed by atoms with Gasteiger partial charge in [0, 0.05) is 24.5 Å². The van der Waals surface area contributed by atoms with Gasteiger partial charge >= 0.3 is 0 Å². The summed E-state index contributed by atoms with van der Waals surface area (Å²) < 4.78 is 2.22. The van der Waals surface area contributed by atoms with Crippen LogP contribution in [0.1, 0.15) is 23.9 Å². The molecule has 1 heterocycles. The number of hydrogen-bond donors (Lipinski definition) is 1. The molecule has 0 amide bonds. The minimum Gasteiger partial charge on any atom is -0.328 e. The van der Waals surface area contributed by atoms with Crippen LogP contribution in [0.4, 0.5) is 0 Å². The minimum atomic E-state index is 0.550. The summed E-state index contributed by atoms with van der Waals surface area (Å²) in [5.74, 6) is 1.05. The van der Waals surface area contributed by atoms with E-state index in [2.05, 4.69) is 23.6 Å². The fourth-order valence-corrected chi connectivity index (χ4v) is 2.90. The predicted molar refractivity (Wildman–Crippen MR) is 87.6 cm³/mol. The Balaban J connectivity index is 2.08. The van der Waals surface area contributed by atoms with Crippen LogP contribution in [0.25, 0.3) is 11.0 Å². The van der Waals surface area contributed by atoms with E-state index in [-0.39, 0.29) is 0 Å². The van der Waals surface area contributed by atoms with Crippen LogP contribution in [0.15, 0.2) is 42.5 Å². The molecule has 3 aromatic rings. The van der Waals surface area contributed by atoms with Crippen molar-refractivity contribution in [3.05, 3.63) is 64.4 Å². The second-order valence-electron chi connectivity index (χ2n) is 5.05.